The summed E-state index contributed by atoms with van der Waals surface area (Å²) >= 11 is 0. The van der Waals surface area contributed by atoms with Crippen LogP contribution in [0.2, 0.25) is 0 Å². The molecule has 7 nitrogen and oxygen atoms in total. The van der Waals surface area contributed by atoms with Crippen molar-refractivity contribution in [1.29, 1.82) is 0 Å². The molecule has 0 saturated carbocycles. The average molecular weight is 333 g/mol. The smallest absolute Gasteiger partial charge is 0.298 e. The number of anilines is 2. The molecule has 0 aliphatic carbocycles. The van der Waals surface area contributed by atoms with Gasteiger partial charge in [-0.15, -0.1) is 5.10 Å². The predicted molar refractivity (Wildman–Crippen MR) is 92.7 cm³/mol. The minimum Gasteiger partial charge on any atom is -0.322 e. The van der Waals surface area contributed by atoms with Crippen LogP contribution in [0.5, 0.6) is 0 Å². The molecule has 2 amide bonds. The molecule has 25 heavy (non-hydrogen) atoms. The molecule has 3 aromatic rings. The minimum absolute atomic E-state index is 0.0419. The number of carbonyl (C=O) groups is 2. The number of carbonyl (C=O) groups excluding carboxylic acids is 2. The van der Waals surface area contributed by atoms with Gasteiger partial charge in [-0.3, -0.25) is 14.5 Å². The average Bonchev–Trinajstić information content (AvgIpc) is 3.13. The van der Waals surface area contributed by atoms with Gasteiger partial charge in [0.05, 0.1) is 17.1 Å². The Kier molecular flexibility index (Phi) is 3.53. The second kappa shape index (κ2) is 5.86. The first-order valence-electron chi connectivity index (χ1n) is 7.85. The van der Waals surface area contributed by atoms with E-state index in [1.165, 1.54) is 15.9 Å². The molecule has 0 bridgehead atoms. The predicted octanol–water partition coefficient (Wildman–Crippen LogP) is 2.25. The highest BCUT2D eigenvalue weighted by molar-refractivity contribution is 6.15. The summed E-state index contributed by atoms with van der Waals surface area (Å²) in [5.74, 6) is -0.612. The standard InChI is InChI=1S/C18H15N5O2/c1-12-17(24)20-14-9-5-6-10-15(14)23(12)18(25)16-19-11-22(21-16)13-7-3-2-4-8-13/h2-12H,1H3,(H,20,24). The minimum atomic E-state index is -0.647. The van der Waals surface area contributed by atoms with Crippen LogP contribution in [0.25, 0.3) is 5.69 Å². The van der Waals surface area contributed by atoms with E-state index in [1.807, 2.05) is 36.4 Å². The van der Waals surface area contributed by atoms with Gasteiger partial charge in [0.25, 0.3) is 5.91 Å². The molecular weight excluding hydrogens is 318 g/mol. The van der Waals surface area contributed by atoms with Gasteiger partial charge >= 0.3 is 0 Å². The van der Waals surface area contributed by atoms with Gasteiger partial charge in [0.15, 0.2) is 0 Å². The monoisotopic (exact) mass is 333 g/mol. The largest absolute Gasteiger partial charge is 0.322 e. The van der Waals surface area contributed by atoms with E-state index in [-0.39, 0.29) is 11.7 Å². The molecule has 124 valence electrons. The Morgan fingerprint density at radius 1 is 1.08 bits per heavy atom. The lowest BCUT2D eigenvalue weighted by Gasteiger charge is -2.33. The number of rotatable bonds is 2. The first kappa shape index (κ1) is 15.1. The fourth-order valence-electron chi connectivity index (χ4n) is 2.81. The van der Waals surface area contributed by atoms with E-state index >= 15 is 0 Å². The van der Waals surface area contributed by atoms with Crippen molar-refractivity contribution in [3.63, 3.8) is 0 Å². The molecule has 0 spiro atoms. The maximum absolute atomic E-state index is 13.0. The third-order valence-electron chi connectivity index (χ3n) is 4.11. The van der Waals surface area contributed by atoms with E-state index in [0.29, 0.717) is 11.4 Å². The zero-order valence-corrected chi connectivity index (χ0v) is 13.5. The van der Waals surface area contributed by atoms with Gasteiger partial charge in [-0.05, 0) is 31.2 Å². The van der Waals surface area contributed by atoms with Crippen molar-refractivity contribution in [1.82, 2.24) is 14.8 Å². The normalized spacial score (nSPS) is 16.3. The number of amides is 2. The van der Waals surface area contributed by atoms with Crippen molar-refractivity contribution < 1.29 is 9.59 Å². The third-order valence-corrected chi connectivity index (χ3v) is 4.11. The summed E-state index contributed by atoms with van der Waals surface area (Å²) in [5, 5.41) is 7.07. The fraction of sp³-hybridized carbons (Fsp3) is 0.111. The van der Waals surface area contributed by atoms with Gasteiger partial charge in [-0.1, -0.05) is 30.3 Å². The summed E-state index contributed by atoms with van der Waals surface area (Å²) in [4.78, 5) is 30.7. The molecule has 2 aromatic carbocycles. The number of hydrogen-bond donors (Lipinski definition) is 1. The van der Waals surface area contributed by atoms with E-state index in [4.69, 9.17) is 0 Å². The van der Waals surface area contributed by atoms with Gasteiger partial charge in [-0.2, -0.15) is 0 Å². The summed E-state index contributed by atoms with van der Waals surface area (Å²) in [6, 6.07) is 15.9. The van der Waals surface area contributed by atoms with E-state index in [0.717, 1.165) is 5.69 Å². The Hall–Kier alpha value is -3.48. The van der Waals surface area contributed by atoms with E-state index in [2.05, 4.69) is 15.4 Å². The Balaban J connectivity index is 1.72. The van der Waals surface area contributed by atoms with Gasteiger partial charge < -0.3 is 5.32 Å². The van der Waals surface area contributed by atoms with Crippen molar-refractivity contribution in [2.75, 3.05) is 10.2 Å². The highest BCUT2D eigenvalue weighted by Crippen LogP contribution is 2.32. The zero-order chi connectivity index (χ0) is 17.4. The van der Waals surface area contributed by atoms with Crippen LogP contribution >= 0.6 is 0 Å². The fourth-order valence-corrected chi connectivity index (χ4v) is 2.81. The first-order chi connectivity index (χ1) is 12.1. The second-order valence-electron chi connectivity index (χ2n) is 5.71. The van der Waals surface area contributed by atoms with Crippen molar-refractivity contribution in [3.8, 4) is 5.69 Å². The van der Waals surface area contributed by atoms with Gasteiger partial charge in [0.1, 0.15) is 12.4 Å². The number of nitrogens with zero attached hydrogens (tertiary/aromatic N) is 4. The lowest BCUT2D eigenvalue weighted by atomic mass is 10.1. The van der Waals surface area contributed by atoms with Crippen molar-refractivity contribution in [2.45, 2.75) is 13.0 Å². The third kappa shape index (κ3) is 2.55. The molecule has 1 N–H and O–H groups in total. The number of nitrogens with one attached hydrogen (secondary N) is 1. The molecule has 2 heterocycles. The molecule has 0 radical (unpaired) electrons. The van der Waals surface area contributed by atoms with Crippen LogP contribution in [-0.2, 0) is 4.79 Å². The summed E-state index contributed by atoms with van der Waals surface area (Å²) in [6.07, 6.45) is 1.49. The molecular formula is C18H15N5O2. The van der Waals surface area contributed by atoms with Crippen molar-refractivity contribution in [3.05, 3.63) is 66.7 Å². The molecule has 1 aliphatic rings. The van der Waals surface area contributed by atoms with Gasteiger partial charge in [0, 0.05) is 0 Å². The first-order valence-corrected chi connectivity index (χ1v) is 7.85. The summed E-state index contributed by atoms with van der Waals surface area (Å²) in [6.45, 7) is 1.68. The van der Waals surface area contributed by atoms with Gasteiger partial charge in [-0.25, -0.2) is 9.67 Å². The maximum atomic E-state index is 13.0. The highest BCUT2D eigenvalue weighted by atomic mass is 16.2. The molecule has 0 saturated heterocycles. The second-order valence-corrected chi connectivity index (χ2v) is 5.71. The molecule has 1 aliphatic heterocycles. The SMILES string of the molecule is CC1C(=O)Nc2ccccc2N1C(=O)c1ncn(-c2ccccc2)n1. The van der Waals surface area contributed by atoms with E-state index in [1.54, 1.807) is 25.1 Å². The number of para-hydroxylation sites is 3. The lowest BCUT2D eigenvalue weighted by molar-refractivity contribution is -0.117. The Bertz CT molecular complexity index is 951. The number of hydrogen-bond acceptors (Lipinski definition) is 4. The lowest BCUT2D eigenvalue weighted by Crippen LogP contribution is -2.49. The van der Waals surface area contributed by atoms with Crippen LogP contribution in [0.4, 0.5) is 11.4 Å². The molecule has 1 atom stereocenters. The summed E-state index contributed by atoms with van der Waals surface area (Å²) < 4.78 is 1.54. The molecule has 4 rings (SSSR count). The van der Waals surface area contributed by atoms with Crippen LogP contribution in [-0.4, -0.2) is 32.6 Å². The zero-order valence-electron chi connectivity index (χ0n) is 13.5. The van der Waals surface area contributed by atoms with Crippen LogP contribution in [0.1, 0.15) is 17.5 Å². The Labute approximate surface area is 143 Å². The van der Waals surface area contributed by atoms with Crippen LogP contribution < -0.4 is 10.2 Å². The molecule has 1 unspecified atom stereocenters. The summed E-state index contributed by atoms with van der Waals surface area (Å²) in [5.41, 5.74) is 2.04. The maximum Gasteiger partial charge on any atom is 0.298 e. The van der Waals surface area contributed by atoms with E-state index in [9.17, 15) is 9.59 Å². The quantitative estimate of drug-likeness (QED) is 0.780. The van der Waals surface area contributed by atoms with E-state index < -0.39 is 11.9 Å². The van der Waals surface area contributed by atoms with Crippen LogP contribution in [0.15, 0.2) is 60.9 Å². The molecule has 7 heteroatoms. The number of fused-ring (bicyclic) bond motifs is 1. The number of benzene rings is 2. The highest BCUT2D eigenvalue weighted by Gasteiger charge is 2.35. The molecule has 0 fully saturated rings. The van der Waals surface area contributed by atoms with Crippen LogP contribution in [0, 0.1) is 0 Å². The number of aromatic nitrogens is 3. The van der Waals surface area contributed by atoms with Crippen molar-refractivity contribution in [2.24, 2.45) is 0 Å². The molecule has 1 aromatic heterocycles. The van der Waals surface area contributed by atoms with Crippen molar-refractivity contribution >= 4 is 23.2 Å². The Morgan fingerprint density at radius 2 is 1.80 bits per heavy atom. The van der Waals surface area contributed by atoms with Crippen LogP contribution in [0.3, 0.4) is 0 Å². The summed E-state index contributed by atoms with van der Waals surface area (Å²) in [7, 11) is 0. The topological polar surface area (TPSA) is 80.1 Å². The Morgan fingerprint density at radius 3 is 2.60 bits per heavy atom. The van der Waals surface area contributed by atoms with Gasteiger partial charge in [0.2, 0.25) is 11.7 Å².